The van der Waals surface area contributed by atoms with Crippen LogP contribution in [0.3, 0.4) is 0 Å². The first-order valence-corrected chi connectivity index (χ1v) is 9.15. The lowest BCUT2D eigenvalue weighted by atomic mass is 10.2. The lowest BCUT2D eigenvalue weighted by Gasteiger charge is -2.24. The Labute approximate surface area is 148 Å². The molecule has 2 aliphatic rings. The molecule has 6 heteroatoms. The molecule has 0 unspecified atom stereocenters. The highest BCUT2D eigenvalue weighted by atomic mass is 19.1. The van der Waals surface area contributed by atoms with Gasteiger partial charge in [-0.3, -0.25) is 9.80 Å². The van der Waals surface area contributed by atoms with Crippen molar-refractivity contribution in [3.63, 3.8) is 0 Å². The summed E-state index contributed by atoms with van der Waals surface area (Å²) in [5, 5.41) is 8.79. The number of hydrogen-bond donors (Lipinski definition) is 0. The smallest absolute Gasteiger partial charge is 0.146 e. The molecule has 1 aromatic carbocycles. The number of likely N-dealkylation sites (N-methyl/N-ethyl adjacent to an activating group) is 1. The van der Waals surface area contributed by atoms with E-state index in [2.05, 4.69) is 38.7 Å². The third-order valence-electron chi connectivity index (χ3n) is 5.52. The zero-order chi connectivity index (χ0) is 17.4. The van der Waals surface area contributed by atoms with Crippen LogP contribution in [-0.2, 0) is 20.1 Å². The fraction of sp³-hybridized carbons (Fsp3) is 0.579. The van der Waals surface area contributed by atoms with Gasteiger partial charge in [0.25, 0.3) is 0 Å². The molecule has 1 saturated heterocycles. The Morgan fingerprint density at radius 1 is 1.16 bits per heavy atom. The summed E-state index contributed by atoms with van der Waals surface area (Å²) in [6.07, 6.45) is 3.66. The van der Waals surface area contributed by atoms with Gasteiger partial charge in [-0.25, -0.2) is 4.39 Å². The third-order valence-corrected chi connectivity index (χ3v) is 5.52. The van der Waals surface area contributed by atoms with E-state index in [4.69, 9.17) is 0 Å². The second-order valence-corrected chi connectivity index (χ2v) is 7.53. The topological polar surface area (TPSA) is 37.2 Å². The number of aromatic nitrogens is 3. The van der Waals surface area contributed by atoms with Crippen molar-refractivity contribution in [2.24, 2.45) is 7.05 Å². The van der Waals surface area contributed by atoms with Crippen molar-refractivity contribution in [3.8, 4) is 0 Å². The van der Waals surface area contributed by atoms with Crippen LogP contribution >= 0.6 is 0 Å². The number of likely N-dealkylation sites (tertiary alicyclic amines) is 1. The summed E-state index contributed by atoms with van der Waals surface area (Å²) >= 11 is 0. The van der Waals surface area contributed by atoms with Crippen LogP contribution in [0.15, 0.2) is 24.3 Å². The van der Waals surface area contributed by atoms with E-state index in [1.165, 1.54) is 18.4 Å². The van der Waals surface area contributed by atoms with Crippen LogP contribution in [0, 0.1) is 5.82 Å². The first-order valence-electron chi connectivity index (χ1n) is 9.15. The quantitative estimate of drug-likeness (QED) is 0.808. The van der Waals surface area contributed by atoms with Crippen molar-refractivity contribution in [2.75, 3.05) is 20.1 Å². The molecule has 5 nitrogen and oxygen atoms in total. The molecular formula is C19H26FN5. The summed E-state index contributed by atoms with van der Waals surface area (Å²) in [4.78, 5) is 4.84. The van der Waals surface area contributed by atoms with Crippen LogP contribution in [0.25, 0.3) is 0 Å². The van der Waals surface area contributed by atoms with Crippen molar-refractivity contribution in [1.29, 1.82) is 0 Å². The molecule has 0 radical (unpaired) electrons. The minimum Gasteiger partial charge on any atom is -0.317 e. The second-order valence-electron chi connectivity index (χ2n) is 7.53. The fourth-order valence-electron chi connectivity index (χ4n) is 3.73. The summed E-state index contributed by atoms with van der Waals surface area (Å²) in [5.74, 6) is 2.67. The van der Waals surface area contributed by atoms with Crippen molar-refractivity contribution in [1.82, 2.24) is 24.6 Å². The van der Waals surface area contributed by atoms with Gasteiger partial charge in [0.1, 0.15) is 17.5 Å². The molecule has 1 aromatic heterocycles. The maximum Gasteiger partial charge on any atom is 0.146 e. The number of halogens is 1. The van der Waals surface area contributed by atoms with E-state index in [0.29, 0.717) is 12.0 Å². The van der Waals surface area contributed by atoms with Crippen LogP contribution in [0.5, 0.6) is 0 Å². The van der Waals surface area contributed by atoms with Crippen molar-refractivity contribution >= 4 is 0 Å². The zero-order valence-electron chi connectivity index (χ0n) is 15.0. The van der Waals surface area contributed by atoms with E-state index in [9.17, 15) is 4.39 Å². The van der Waals surface area contributed by atoms with Gasteiger partial charge >= 0.3 is 0 Å². The minimum absolute atomic E-state index is 0.169. The normalized spacial score (nSPS) is 21.4. The Bertz CT molecular complexity index is 722. The molecule has 4 rings (SSSR count). The Balaban J connectivity index is 1.32. The monoisotopic (exact) mass is 343 g/mol. The Hall–Kier alpha value is -1.79. The predicted molar refractivity (Wildman–Crippen MR) is 94.5 cm³/mol. The van der Waals surface area contributed by atoms with Gasteiger partial charge < -0.3 is 4.57 Å². The molecule has 0 amide bonds. The number of nitrogens with zero attached hydrogens (tertiary/aromatic N) is 5. The van der Waals surface area contributed by atoms with Crippen molar-refractivity contribution < 1.29 is 4.39 Å². The van der Waals surface area contributed by atoms with E-state index in [-0.39, 0.29) is 5.82 Å². The summed E-state index contributed by atoms with van der Waals surface area (Å²) in [6, 6.07) is 7.37. The summed E-state index contributed by atoms with van der Waals surface area (Å²) in [5.41, 5.74) is 1.17. The van der Waals surface area contributed by atoms with Gasteiger partial charge in [-0.05, 0) is 44.0 Å². The highest BCUT2D eigenvalue weighted by Crippen LogP contribution is 2.38. The van der Waals surface area contributed by atoms with E-state index >= 15 is 0 Å². The van der Waals surface area contributed by atoms with Gasteiger partial charge in [0, 0.05) is 38.6 Å². The average Bonchev–Trinajstić information content (AvgIpc) is 3.23. The second kappa shape index (κ2) is 6.84. The van der Waals surface area contributed by atoms with Gasteiger partial charge in [-0.15, -0.1) is 10.2 Å². The maximum absolute atomic E-state index is 13.0. The van der Waals surface area contributed by atoms with Crippen LogP contribution in [-0.4, -0.2) is 50.7 Å². The summed E-state index contributed by atoms with van der Waals surface area (Å²) in [7, 11) is 4.27. The molecule has 2 heterocycles. The highest BCUT2D eigenvalue weighted by molar-refractivity contribution is 5.16. The van der Waals surface area contributed by atoms with Crippen molar-refractivity contribution in [2.45, 2.75) is 44.3 Å². The van der Waals surface area contributed by atoms with E-state index in [1.807, 2.05) is 12.1 Å². The predicted octanol–water partition coefficient (Wildman–Crippen LogP) is 2.54. The van der Waals surface area contributed by atoms with Crippen molar-refractivity contribution in [3.05, 3.63) is 47.3 Å². The lowest BCUT2D eigenvalue weighted by molar-refractivity contribution is 0.216. The van der Waals surface area contributed by atoms with E-state index < -0.39 is 0 Å². The fourth-order valence-corrected chi connectivity index (χ4v) is 3.73. The maximum atomic E-state index is 13.0. The van der Waals surface area contributed by atoms with Gasteiger partial charge in [-0.1, -0.05) is 12.1 Å². The van der Waals surface area contributed by atoms with Crippen LogP contribution in [0.1, 0.15) is 42.4 Å². The number of hydrogen-bond acceptors (Lipinski definition) is 4. The Morgan fingerprint density at radius 3 is 2.64 bits per heavy atom. The highest BCUT2D eigenvalue weighted by Gasteiger charge is 2.30. The van der Waals surface area contributed by atoms with E-state index in [1.54, 1.807) is 12.1 Å². The first kappa shape index (κ1) is 16.7. The molecule has 25 heavy (non-hydrogen) atoms. The molecule has 2 aromatic rings. The minimum atomic E-state index is -0.169. The molecule has 0 N–H and O–H groups in total. The molecule has 1 aliphatic heterocycles. The molecule has 0 bridgehead atoms. The summed E-state index contributed by atoms with van der Waals surface area (Å²) < 4.78 is 15.2. The molecule has 134 valence electrons. The Morgan fingerprint density at radius 2 is 1.92 bits per heavy atom. The summed E-state index contributed by atoms with van der Waals surface area (Å²) in [6.45, 7) is 3.85. The van der Waals surface area contributed by atoms with Gasteiger partial charge in [-0.2, -0.15) is 0 Å². The average molecular weight is 343 g/mol. The Kier molecular flexibility index (Phi) is 4.56. The lowest BCUT2D eigenvalue weighted by Crippen LogP contribution is -2.34. The van der Waals surface area contributed by atoms with Gasteiger partial charge in [0.05, 0.1) is 6.54 Å². The molecule has 1 aliphatic carbocycles. The standard InChI is InChI=1S/C19H26FN5/c1-23(13-18-21-22-19(24(18)2)15-5-6-15)17-9-10-25(12-17)11-14-3-7-16(20)8-4-14/h3-4,7-8,15,17H,5-6,9-13H2,1-2H3/t17-/m0/s1. The van der Waals surface area contributed by atoms with Crippen LogP contribution in [0.2, 0.25) is 0 Å². The SMILES string of the molecule is CN(Cc1nnc(C2CC2)n1C)[C@H]1CCN(Cc2ccc(F)cc2)C1. The van der Waals surface area contributed by atoms with Crippen LogP contribution in [0.4, 0.5) is 4.39 Å². The molecule has 2 fully saturated rings. The molecule has 1 saturated carbocycles. The van der Waals surface area contributed by atoms with E-state index in [0.717, 1.165) is 44.2 Å². The van der Waals surface area contributed by atoms with Gasteiger partial charge in [0.15, 0.2) is 0 Å². The zero-order valence-corrected chi connectivity index (χ0v) is 15.0. The number of benzene rings is 1. The number of rotatable bonds is 6. The van der Waals surface area contributed by atoms with Gasteiger partial charge in [0.2, 0.25) is 0 Å². The largest absolute Gasteiger partial charge is 0.317 e. The molecule has 1 atom stereocenters. The molecule has 0 spiro atoms. The first-order chi connectivity index (χ1) is 12.1. The van der Waals surface area contributed by atoms with Crippen LogP contribution < -0.4 is 0 Å². The molecular weight excluding hydrogens is 317 g/mol. The third kappa shape index (κ3) is 3.75.